The second-order valence-corrected chi connectivity index (χ2v) is 8.49. The number of aryl methyl sites for hydroxylation is 1. The van der Waals surface area contributed by atoms with Gasteiger partial charge in [-0.1, -0.05) is 0 Å². The van der Waals surface area contributed by atoms with E-state index in [1.165, 1.54) is 16.0 Å². The number of nitriles is 1. The average Bonchev–Trinajstić information content (AvgIpc) is 3.38. The number of nitrogens with zero attached hydrogens (tertiary/aromatic N) is 6. The number of fused-ring (bicyclic) bond motifs is 1. The summed E-state index contributed by atoms with van der Waals surface area (Å²) < 4.78 is 39.5. The molecule has 3 heterocycles. The molecule has 0 radical (unpaired) electrons. The van der Waals surface area contributed by atoms with Gasteiger partial charge in [-0.3, -0.25) is 9.48 Å². The van der Waals surface area contributed by atoms with E-state index in [0.717, 1.165) is 22.7 Å². The van der Waals surface area contributed by atoms with E-state index < -0.39 is 23.9 Å². The van der Waals surface area contributed by atoms with E-state index in [1.54, 1.807) is 31.5 Å². The molecule has 1 amide bonds. The molecule has 4 aromatic rings. The Balaban J connectivity index is 1.65. The minimum atomic E-state index is -4.64. The van der Waals surface area contributed by atoms with Crippen LogP contribution in [0.3, 0.4) is 0 Å². The summed E-state index contributed by atoms with van der Waals surface area (Å²) in [6.45, 7) is 3.59. The maximum Gasteiger partial charge on any atom is 0.451 e. The first-order valence-corrected chi connectivity index (χ1v) is 10.5. The molecule has 0 fully saturated rings. The number of carbonyl (C=O) groups excluding carboxylic acids is 1. The molecule has 8 nitrogen and oxygen atoms in total. The van der Waals surface area contributed by atoms with Crippen molar-refractivity contribution in [2.75, 3.05) is 0 Å². The summed E-state index contributed by atoms with van der Waals surface area (Å²) >= 11 is 1.46. The molecule has 0 saturated heterocycles. The van der Waals surface area contributed by atoms with E-state index >= 15 is 0 Å². The molecular weight excluding hydrogens is 455 g/mol. The number of hydrogen-bond acceptors (Lipinski definition) is 7. The molecule has 1 atom stereocenters. The van der Waals surface area contributed by atoms with Crippen LogP contribution in [-0.2, 0) is 12.7 Å². The molecule has 1 N–H and O–H groups in total. The van der Waals surface area contributed by atoms with Crippen molar-refractivity contribution in [3.05, 3.63) is 58.7 Å². The summed E-state index contributed by atoms with van der Waals surface area (Å²) in [7, 11) is 0. The number of thiazole rings is 1. The third-order valence-corrected chi connectivity index (χ3v) is 5.74. The Kier molecular flexibility index (Phi) is 5.82. The van der Waals surface area contributed by atoms with Gasteiger partial charge in [0.2, 0.25) is 5.82 Å². The van der Waals surface area contributed by atoms with Gasteiger partial charge >= 0.3 is 6.18 Å². The monoisotopic (exact) mass is 471 g/mol. The van der Waals surface area contributed by atoms with Crippen molar-refractivity contribution < 1.29 is 18.0 Å². The Hall–Kier alpha value is -3.85. The third-order valence-electron chi connectivity index (χ3n) is 4.79. The molecule has 0 saturated carbocycles. The predicted molar refractivity (Wildman–Crippen MR) is 114 cm³/mol. The van der Waals surface area contributed by atoms with Crippen LogP contribution >= 0.6 is 11.3 Å². The van der Waals surface area contributed by atoms with E-state index in [1.807, 2.05) is 13.0 Å². The molecular formula is C21H16F3N7OS. The second kappa shape index (κ2) is 8.59. The van der Waals surface area contributed by atoms with Crippen LogP contribution in [0.1, 0.15) is 39.6 Å². The highest BCUT2D eigenvalue weighted by Crippen LogP contribution is 2.33. The molecule has 0 spiro atoms. The summed E-state index contributed by atoms with van der Waals surface area (Å²) in [6, 6.07) is 4.67. The van der Waals surface area contributed by atoms with Crippen molar-refractivity contribution in [3.63, 3.8) is 0 Å². The summed E-state index contributed by atoms with van der Waals surface area (Å²) in [4.78, 5) is 25.1. The van der Waals surface area contributed by atoms with E-state index in [2.05, 4.69) is 25.4 Å². The van der Waals surface area contributed by atoms with Gasteiger partial charge in [0.15, 0.2) is 0 Å². The fourth-order valence-electron chi connectivity index (χ4n) is 3.18. The van der Waals surface area contributed by atoms with Crippen molar-refractivity contribution in [3.8, 4) is 16.6 Å². The van der Waals surface area contributed by atoms with Crippen LogP contribution in [0.15, 0.2) is 36.9 Å². The number of amides is 1. The Morgan fingerprint density at radius 3 is 2.58 bits per heavy atom. The van der Waals surface area contributed by atoms with Gasteiger partial charge in [-0.2, -0.15) is 23.5 Å². The van der Waals surface area contributed by atoms with Crippen LogP contribution in [-0.4, -0.2) is 30.6 Å². The van der Waals surface area contributed by atoms with Crippen LogP contribution < -0.4 is 5.32 Å². The highest BCUT2D eigenvalue weighted by molar-refractivity contribution is 7.15. The Morgan fingerprint density at radius 1 is 1.24 bits per heavy atom. The quantitative estimate of drug-likeness (QED) is 0.465. The number of rotatable bonds is 5. The Morgan fingerprint density at radius 2 is 1.97 bits per heavy atom. The van der Waals surface area contributed by atoms with Crippen LogP contribution in [0, 0.1) is 18.3 Å². The molecule has 0 aliphatic rings. The topological polar surface area (TPSA) is 109 Å². The second-order valence-electron chi connectivity index (χ2n) is 7.25. The number of alkyl halides is 3. The smallest absolute Gasteiger partial charge is 0.345 e. The highest BCUT2D eigenvalue weighted by atomic mass is 32.1. The zero-order valence-corrected chi connectivity index (χ0v) is 18.2. The Bertz CT molecular complexity index is 1370. The minimum absolute atomic E-state index is 0.0531. The first kappa shape index (κ1) is 22.3. The van der Waals surface area contributed by atoms with Gasteiger partial charge in [-0.05, 0) is 26.0 Å². The van der Waals surface area contributed by atoms with Gasteiger partial charge in [0.1, 0.15) is 11.6 Å². The molecule has 3 aromatic heterocycles. The first-order valence-electron chi connectivity index (χ1n) is 9.66. The lowest BCUT2D eigenvalue weighted by Crippen LogP contribution is -2.27. The van der Waals surface area contributed by atoms with Crippen molar-refractivity contribution >= 4 is 28.1 Å². The number of hydrogen-bond donors (Lipinski definition) is 1. The number of nitrogens with one attached hydrogen (secondary N) is 1. The summed E-state index contributed by atoms with van der Waals surface area (Å²) in [6.07, 6.45) is 0.897. The van der Waals surface area contributed by atoms with Gasteiger partial charge < -0.3 is 5.32 Å². The van der Waals surface area contributed by atoms with Crippen LogP contribution in [0.4, 0.5) is 13.2 Å². The van der Waals surface area contributed by atoms with Crippen molar-refractivity contribution in [1.29, 1.82) is 5.26 Å². The van der Waals surface area contributed by atoms with Gasteiger partial charge in [0.05, 0.1) is 17.6 Å². The number of aromatic nitrogens is 5. The van der Waals surface area contributed by atoms with E-state index in [9.17, 15) is 18.0 Å². The maximum absolute atomic E-state index is 13.0. The number of benzene rings is 1. The van der Waals surface area contributed by atoms with Gasteiger partial charge in [0.25, 0.3) is 5.91 Å². The minimum Gasteiger partial charge on any atom is -0.345 e. The molecule has 0 aliphatic heterocycles. The fraction of sp³-hybridized carbons (Fsp3) is 0.238. The van der Waals surface area contributed by atoms with Crippen LogP contribution in [0.5, 0.6) is 0 Å². The summed E-state index contributed by atoms with van der Waals surface area (Å²) in [5.74, 6) is -1.69. The van der Waals surface area contributed by atoms with Gasteiger partial charge in [-0.25, -0.2) is 15.0 Å². The van der Waals surface area contributed by atoms with Gasteiger partial charge in [-0.15, -0.1) is 11.3 Å². The molecule has 12 heteroatoms. The largest absolute Gasteiger partial charge is 0.451 e. The van der Waals surface area contributed by atoms with Crippen molar-refractivity contribution in [1.82, 2.24) is 30.0 Å². The molecule has 0 bridgehead atoms. The highest BCUT2D eigenvalue weighted by Gasteiger charge is 2.34. The summed E-state index contributed by atoms with van der Waals surface area (Å²) in [5, 5.41) is 17.6. The van der Waals surface area contributed by atoms with E-state index in [0.29, 0.717) is 27.2 Å². The number of halogens is 3. The SMILES string of the molecule is Cc1cnc(-c2cc(C(=O)N[C@H](C)c3cnc(C(F)(F)F)nc3)cc3nn(CC#N)cc23)s1. The van der Waals surface area contributed by atoms with Crippen LogP contribution in [0.2, 0.25) is 0 Å². The third kappa shape index (κ3) is 4.68. The van der Waals surface area contributed by atoms with Crippen molar-refractivity contribution in [2.45, 2.75) is 32.6 Å². The molecule has 0 aliphatic carbocycles. The van der Waals surface area contributed by atoms with Crippen molar-refractivity contribution in [2.24, 2.45) is 0 Å². The average molecular weight is 471 g/mol. The zero-order chi connectivity index (χ0) is 23.8. The summed E-state index contributed by atoms with van der Waals surface area (Å²) in [5.41, 5.74) is 1.84. The molecule has 4 rings (SSSR count). The lowest BCUT2D eigenvalue weighted by molar-refractivity contribution is -0.145. The predicted octanol–water partition coefficient (Wildman–Crippen LogP) is 4.29. The number of carbonyl (C=O) groups is 1. The lowest BCUT2D eigenvalue weighted by atomic mass is 10.1. The standard InChI is InChI=1S/C21H16F3N7OS/c1-11-7-26-19(33-11)15-5-13(6-17-16(15)10-31(30-17)4-3-25)18(32)29-12(2)14-8-27-20(28-9-14)21(22,23)24/h5-10,12H,4H2,1-2H3,(H,29,32)/t12-/m1/s1. The van der Waals surface area contributed by atoms with E-state index in [4.69, 9.17) is 5.26 Å². The molecule has 0 unspecified atom stereocenters. The first-order chi connectivity index (χ1) is 15.7. The molecule has 168 valence electrons. The lowest BCUT2D eigenvalue weighted by Gasteiger charge is -2.15. The Labute approximate surface area is 189 Å². The maximum atomic E-state index is 13.0. The normalized spacial score (nSPS) is 12.5. The molecule has 33 heavy (non-hydrogen) atoms. The van der Waals surface area contributed by atoms with Crippen LogP contribution in [0.25, 0.3) is 21.5 Å². The van der Waals surface area contributed by atoms with E-state index in [-0.39, 0.29) is 6.54 Å². The molecule has 1 aromatic carbocycles. The zero-order valence-electron chi connectivity index (χ0n) is 17.4. The van der Waals surface area contributed by atoms with Gasteiger partial charge in [0, 0.05) is 51.7 Å². The fourth-order valence-corrected chi connectivity index (χ4v) is 3.98.